The third kappa shape index (κ3) is 6.83. The molecule has 0 aromatic carbocycles. The molecule has 0 aliphatic rings. The maximum atomic E-state index is 12.2. The van der Waals surface area contributed by atoms with Gasteiger partial charge in [0.05, 0.1) is 0 Å². The van der Waals surface area contributed by atoms with Crippen molar-refractivity contribution in [3.63, 3.8) is 0 Å². The number of guanidine groups is 1. The molecule has 11 heteroatoms. The van der Waals surface area contributed by atoms with Gasteiger partial charge < -0.3 is 21.9 Å². The predicted molar refractivity (Wildman–Crippen MR) is 78.0 cm³/mol. The molecule has 0 radical (unpaired) electrons. The molecule has 22 heavy (non-hydrogen) atoms. The molecule has 1 atom stereocenters. The smallest absolute Gasteiger partial charge is 0.418 e. The number of hydrazone groups is 1. The fourth-order valence-corrected chi connectivity index (χ4v) is 1.53. The Balaban J connectivity index is 5.60. The Hall–Kier alpha value is -2.43. The van der Waals surface area contributed by atoms with Gasteiger partial charge >= 0.3 is 6.09 Å². The van der Waals surface area contributed by atoms with E-state index in [9.17, 15) is 19.7 Å². The zero-order valence-electron chi connectivity index (χ0n) is 12.8. The van der Waals surface area contributed by atoms with E-state index in [-0.39, 0.29) is 13.0 Å². The van der Waals surface area contributed by atoms with Gasteiger partial charge in [0.2, 0.25) is 5.91 Å². The number of carbonyl (C=O) groups excluding carboxylic acids is 2. The van der Waals surface area contributed by atoms with E-state index in [0.29, 0.717) is 11.3 Å². The molecule has 126 valence electrons. The quantitative estimate of drug-likeness (QED) is 0.251. The number of nitrogens with two attached hydrogens (primary N) is 3. The lowest BCUT2D eigenvalue weighted by Crippen LogP contribution is -2.55. The molecule has 0 aromatic rings. The number of hydrogen-bond donors (Lipinski definition) is 3. The van der Waals surface area contributed by atoms with Gasteiger partial charge in [-0.15, -0.1) is 0 Å². The van der Waals surface area contributed by atoms with Crippen LogP contribution in [0.1, 0.15) is 33.6 Å². The third-order valence-electron chi connectivity index (χ3n) is 2.34. The van der Waals surface area contributed by atoms with Crippen LogP contribution in [-0.2, 0) is 9.53 Å². The molecule has 11 nitrogen and oxygen atoms in total. The molecule has 6 N–H and O–H groups in total. The molecule has 0 spiro atoms. The number of rotatable bonds is 6. The largest absolute Gasteiger partial charge is 0.443 e. The first-order valence-corrected chi connectivity index (χ1v) is 6.49. The second-order valence-corrected chi connectivity index (χ2v) is 5.40. The van der Waals surface area contributed by atoms with E-state index in [1.165, 1.54) is 0 Å². The van der Waals surface area contributed by atoms with Gasteiger partial charge in [0.1, 0.15) is 16.7 Å². The summed E-state index contributed by atoms with van der Waals surface area (Å²) in [4.78, 5) is 34.8. The molecule has 0 saturated heterocycles. The van der Waals surface area contributed by atoms with Gasteiger partial charge in [-0.05, 0) is 40.2 Å². The molecule has 0 unspecified atom stereocenters. The Labute approximate surface area is 127 Å². The minimum absolute atomic E-state index is 0.0685. The number of nitrogens with zero attached hydrogens (tertiary/aromatic N) is 3. The van der Waals surface area contributed by atoms with Crippen LogP contribution in [0.25, 0.3) is 0 Å². The number of primary amides is 1. The molecule has 0 aromatic heterocycles. The van der Waals surface area contributed by atoms with Crippen LogP contribution < -0.4 is 17.2 Å². The summed E-state index contributed by atoms with van der Waals surface area (Å²) in [5.41, 5.74) is 15.1. The number of nitro groups is 1. The molecule has 0 heterocycles. The van der Waals surface area contributed by atoms with Crippen molar-refractivity contribution in [2.75, 3.05) is 6.54 Å². The van der Waals surface area contributed by atoms with Gasteiger partial charge in [-0.2, -0.15) is 0 Å². The molecule has 2 amide bonds. The van der Waals surface area contributed by atoms with Crippen molar-refractivity contribution in [3.8, 4) is 0 Å². The van der Waals surface area contributed by atoms with Crippen molar-refractivity contribution in [2.45, 2.75) is 45.3 Å². The summed E-state index contributed by atoms with van der Waals surface area (Å²) in [7, 11) is 0. The molecular formula is C11H22N6O5. The lowest BCUT2D eigenvalue weighted by molar-refractivity contribution is -0.485. The summed E-state index contributed by atoms with van der Waals surface area (Å²) in [6.07, 6.45) is -0.645. The average molecular weight is 318 g/mol. The summed E-state index contributed by atoms with van der Waals surface area (Å²) >= 11 is 0. The normalized spacial score (nSPS) is 13.4. The molecule has 0 rings (SSSR count). The fraction of sp³-hybridized carbons (Fsp3) is 0.727. The van der Waals surface area contributed by atoms with E-state index >= 15 is 0 Å². The minimum atomic E-state index is -1.25. The summed E-state index contributed by atoms with van der Waals surface area (Å²) in [5, 5.41) is 12.2. The third-order valence-corrected chi connectivity index (χ3v) is 2.34. The SMILES string of the molecule is CC(C)(C)OC(=O)N(C(N)=N[N+](=O)[O-])[C@@H](CCCN)C(N)=O. The Morgan fingerprint density at radius 3 is 2.27 bits per heavy atom. The first-order chi connectivity index (χ1) is 9.99. The summed E-state index contributed by atoms with van der Waals surface area (Å²) in [6, 6.07) is -1.25. The summed E-state index contributed by atoms with van der Waals surface area (Å²) in [6.45, 7) is 4.99. The Bertz CT molecular complexity index is 458. The van der Waals surface area contributed by atoms with Gasteiger partial charge in [-0.3, -0.25) is 4.79 Å². The molecule has 0 aliphatic carbocycles. The second-order valence-electron chi connectivity index (χ2n) is 5.40. The van der Waals surface area contributed by atoms with Gasteiger partial charge in [0.25, 0.3) is 5.96 Å². The van der Waals surface area contributed by atoms with Crippen molar-refractivity contribution >= 4 is 18.0 Å². The topological polar surface area (TPSA) is 180 Å². The highest BCUT2D eigenvalue weighted by molar-refractivity contribution is 5.98. The van der Waals surface area contributed by atoms with Crippen LogP contribution in [0.5, 0.6) is 0 Å². The van der Waals surface area contributed by atoms with E-state index in [1.54, 1.807) is 20.8 Å². The number of amides is 2. The maximum Gasteiger partial charge on any atom is 0.418 e. The Kier molecular flexibility index (Phi) is 7.22. The predicted octanol–water partition coefficient (Wildman–Crippen LogP) is -0.677. The highest BCUT2D eigenvalue weighted by Crippen LogP contribution is 2.14. The monoisotopic (exact) mass is 318 g/mol. The van der Waals surface area contributed by atoms with Gasteiger partial charge in [-0.1, -0.05) is 0 Å². The van der Waals surface area contributed by atoms with Crippen molar-refractivity contribution in [2.24, 2.45) is 22.3 Å². The maximum absolute atomic E-state index is 12.2. The van der Waals surface area contributed by atoms with Gasteiger partial charge in [-0.25, -0.2) is 19.8 Å². The molecule has 0 fully saturated rings. The molecule has 0 aliphatic heterocycles. The van der Waals surface area contributed by atoms with Crippen molar-refractivity contribution in [1.29, 1.82) is 0 Å². The number of carbonyl (C=O) groups is 2. The Morgan fingerprint density at radius 2 is 1.91 bits per heavy atom. The minimum Gasteiger partial charge on any atom is -0.443 e. The second kappa shape index (κ2) is 8.12. The fourth-order valence-electron chi connectivity index (χ4n) is 1.53. The van der Waals surface area contributed by atoms with Crippen LogP contribution in [0.2, 0.25) is 0 Å². The number of hydrogen-bond acceptors (Lipinski definition) is 6. The molecule has 0 bridgehead atoms. The van der Waals surface area contributed by atoms with Crippen LogP contribution in [0.3, 0.4) is 0 Å². The van der Waals surface area contributed by atoms with E-state index in [4.69, 9.17) is 21.9 Å². The standard InChI is InChI=1S/C11H22N6O5/c1-11(2,3)22-10(19)16(9(14)15-17(20)21)7(8(13)18)5-4-6-12/h7H,4-6,12H2,1-3H3,(H2,13,18)(H2,14,15)/t7-/m0/s1. The summed E-state index contributed by atoms with van der Waals surface area (Å²) < 4.78 is 5.08. The zero-order chi connectivity index (χ0) is 17.5. The van der Waals surface area contributed by atoms with Crippen LogP contribution in [0, 0.1) is 10.1 Å². The number of ether oxygens (including phenoxy) is 1. The van der Waals surface area contributed by atoms with E-state index in [1.807, 2.05) is 0 Å². The highest BCUT2D eigenvalue weighted by Gasteiger charge is 2.35. The van der Waals surface area contributed by atoms with Crippen molar-refractivity contribution in [1.82, 2.24) is 4.90 Å². The van der Waals surface area contributed by atoms with E-state index < -0.39 is 34.6 Å². The van der Waals surface area contributed by atoms with Gasteiger partial charge in [0.15, 0.2) is 5.03 Å². The van der Waals surface area contributed by atoms with Crippen molar-refractivity contribution < 1.29 is 19.4 Å². The lowest BCUT2D eigenvalue weighted by atomic mass is 10.1. The van der Waals surface area contributed by atoms with Crippen LogP contribution >= 0.6 is 0 Å². The van der Waals surface area contributed by atoms with E-state index in [2.05, 4.69) is 5.10 Å². The first kappa shape index (κ1) is 19.6. The highest BCUT2D eigenvalue weighted by atomic mass is 16.7. The first-order valence-electron chi connectivity index (χ1n) is 6.49. The zero-order valence-corrected chi connectivity index (χ0v) is 12.8. The van der Waals surface area contributed by atoms with Crippen LogP contribution in [0.4, 0.5) is 4.79 Å². The Morgan fingerprint density at radius 1 is 1.36 bits per heavy atom. The molecule has 0 saturated carbocycles. The molecular weight excluding hydrogens is 296 g/mol. The lowest BCUT2D eigenvalue weighted by Gasteiger charge is -2.30. The van der Waals surface area contributed by atoms with Crippen LogP contribution in [-0.4, -0.2) is 46.1 Å². The van der Waals surface area contributed by atoms with Crippen LogP contribution in [0.15, 0.2) is 5.10 Å². The van der Waals surface area contributed by atoms with Crippen molar-refractivity contribution in [3.05, 3.63) is 10.1 Å². The van der Waals surface area contributed by atoms with Gasteiger partial charge in [0, 0.05) is 0 Å². The summed E-state index contributed by atoms with van der Waals surface area (Å²) in [5.74, 6) is -1.69. The van der Waals surface area contributed by atoms with E-state index in [0.717, 1.165) is 0 Å². The average Bonchev–Trinajstić information content (AvgIpc) is 2.30.